The Labute approximate surface area is 169 Å². The van der Waals surface area contributed by atoms with Crippen molar-refractivity contribution < 1.29 is 18.7 Å². The molecule has 0 radical (unpaired) electrons. The molecule has 1 amide bonds. The van der Waals surface area contributed by atoms with Gasteiger partial charge in [-0.25, -0.2) is 9.37 Å². The lowest BCUT2D eigenvalue weighted by molar-refractivity contribution is 0.0125. The molecule has 2 aliphatic rings. The van der Waals surface area contributed by atoms with Gasteiger partial charge in [-0.2, -0.15) is 0 Å². The van der Waals surface area contributed by atoms with Crippen molar-refractivity contribution >= 4 is 11.7 Å². The molecule has 29 heavy (non-hydrogen) atoms. The Bertz CT molecular complexity index is 866. The Morgan fingerprint density at radius 2 is 2.00 bits per heavy atom. The minimum Gasteiger partial charge on any atom is -0.496 e. The molecule has 1 aliphatic heterocycles. The summed E-state index contributed by atoms with van der Waals surface area (Å²) in [6, 6.07) is 3.79. The number of amides is 1. The van der Waals surface area contributed by atoms with E-state index in [1.807, 2.05) is 0 Å². The highest BCUT2D eigenvalue weighted by Gasteiger charge is 2.43. The lowest BCUT2D eigenvalue weighted by Gasteiger charge is -2.37. The summed E-state index contributed by atoms with van der Waals surface area (Å²) in [4.78, 5) is 23.7. The van der Waals surface area contributed by atoms with Crippen molar-refractivity contribution in [3.8, 4) is 5.75 Å². The lowest BCUT2D eigenvalue weighted by Crippen LogP contribution is -2.50. The first kappa shape index (κ1) is 19.6. The quantitative estimate of drug-likeness (QED) is 0.830. The second kappa shape index (κ2) is 8.32. The number of nitrogens with zero attached hydrogens (tertiary/aromatic N) is 3. The summed E-state index contributed by atoms with van der Waals surface area (Å²) in [5.74, 6) is 1.29. The predicted octanol–water partition coefficient (Wildman–Crippen LogP) is 2.28. The number of benzene rings is 1. The summed E-state index contributed by atoms with van der Waals surface area (Å²) in [6.45, 7) is 1.77. The van der Waals surface area contributed by atoms with Gasteiger partial charge in [-0.15, -0.1) is 0 Å². The molecule has 2 fully saturated rings. The third-order valence-corrected chi connectivity index (χ3v) is 6.02. The second-order valence-electron chi connectivity index (χ2n) is 7.66. The third kappa shape index (κ3) is 4.03. The molecule has 1 aliphatic carbocycles. The zero-order chi connectivity index (χ0) is 20.4. The maximum atomic E-state index is 13.7. The van der Waals surface area contributed by atoms with Gasteiger partial charge < -0.3 is 19.7 Å². The summed E-state index contributed by atoms with van der Waals surface area (Å²) >= 11 is 0. The van der Waals surface area contributed by atoms with Gasteiger partial charge in [-0.1, -0.05) is 0 Å². The number of halogens is 1. The van der Waals surface area contributed by atoms with Crippen molar-refractivity contribution in [3.63, 3.8) is 0 Å². The smallest absolute Gasteiger partial charge is 0.255 e. The Hall–Kier alpha value is -2.74. The number of ether oxygens (including phenoxy) is 2. The van der Waals surface area contributed by atoms with E-state index in [1.54, 1.807) is 25.7 Å². The lowest BCUT2D eigenvalue weighted by atomic mass is 9.77. The van der Waals surface area contributed by atoms with Gasteiger partial charge in [-0.3, -0.25) is 9.78 Å². The van der Waals surface area contributed by atoms with Crippen LogP contribution in [-0.4, -0.2) is 55.3 Å². The van der Waals surface area contributed by atoms with E-state index in [4.69, 9.17) is 9.47 Å². The predicted molar refractivity (Wildman–Crippen MR) is 105 cm³/mol. The summed E-state index contributed by atoms with van der Waals surface area (Å²) in [5, 5.41) is 3.05. The van der Waals surface area contributed by atoms with Crippen LogP contribution >= 0.6 is 0 Å². The molecule has 4 atom stereocenters. The van der Waals surface area contributed by atoms with Crippen molar-refractivity contribution in [1.29, 1.82) is 0 Å². The van der Waals surface area contributed by atoms with E-state index in [9.17, 15) is 9.18 Å². The van der Waals surface area contributed by atoms with Gasteiger partial charge in [0, 0.05) is 32.6 Å². The number of hydrogen-bond donors (Lipinski definition) is 1. The highest BCUT2D eigenvalue weighted by molar-refractivity contribution is 5.97. The first-order chi connectivity index (χ1) is 14.1. The molecule has 1 N–H and O–H groups in total. The van der Waals surface area contributed by atoms with Gasteiger partial charge >= 0.3 is 0 Å². The van der Waals surface area contributed by atoms with Gasteiger partial charge in [-0.05, 0) is 42.9 Å². The van der Waals surface area contributed by atoms with E-state index in [2.05, 4.69) is 20.2 Å². The number of carbonyl (C=O) groups is 1. The molecule has 0 spiro atoms. The van der Waals surface area contributed by atoms with Crippen LogP contribution < -0.4 is 15.0 Å². The van der Waals surface area contributed by atoms with E-state index in [0.29, 0.717) is 17.6 Å². The van der Waals surface area contributed by atoms with Gasteiger partial charge in [0.15, 0.2) is 0 Å². The number of rotatable bonds is 5. The van der Waals surface area contributed by atoms with E-state index in [-0.39, 0.29) is 23.6 Å². The molecule has 0 unspecified atom stereocenters. The highest BCUT2D eigenvalue weighted by Crippen LogP contribution is 2.39. The van der Waals surface area contributed by atoms with E-state index >= 15 is 0 Å². The average molecular weight is 400 g/mol. The Balaban J connectivity index is 1.47. The van der Waals surface area contributed by atoms with Gasteiger partial charge in [0.1, 0.15) is 17.4 Å². The zero-order valence-corrected chi connectivity index (χ0v) is 16.5. The summed E-state index contributed by atoms with van der Waals surface area (Å²) < 4.78 is 24.6. The SMILES string of the molecule is COc1ccc(F)cc1C(=O)N[C@H]1C[C@H]2CN(c3cnccn3)C[C@H]2C[C@@H]1OC. The maximum absolute atomic E-state index is 13.7. The minimum absolute atomic E-state index is 0.0958. The molecule has 1 saturated heterocycles. The van der Waals surface area contributed by atoms with Gasteiger partial charge in [0.25, 0.3) is 5.91 Å². The number of hydrogen-bond acceptors (Lipinski definition) is 6. The Kier molecular flexibility index (Phi) is 5.62. The molecule has 2 aromatic rings. The van der Waals surface area contributed by atoms with Crippen molar-refractivity contribution in [3.05, 3.63) is 48.2 Å². The van der Waals surface area contributed by atoms with Gasteiger partial charge in [0.05, 0.1) is 31.0 Å². The normalized spacial score (nSPS) is 26.1. The van der Waals surface area contributed by atoms with E-state index < -0.39 is 5.82 Å². The van der Waals surface area contributed by atoms with E-state index in [0.717, 1.165) is 31.7 Å². The second-order valence-corrected chi connectivity index (χ2v) is 7.66. The molecule has 8 heteroatoms. The van der Waals surface area contributed by atoms with Crippen molar-refractivity contribution in [2.75, 3.05) is 32.2 Å². The van der Waals surface area contributed by atoms with Crippen LogP contribution in [0.3, 0.4) is 0 Å². The number of nitrogens with one attached hydrogen (secondary N) is 1. The fraction of sp³-hybridized carbons (Fsp3) is 0.476. The zero-order valence-electron chi connectivity index (χ0n) is 16.5. The van der Waals surface area contributed by atoms with Crippen molar-refractivity contribution in [1.82, 2.24) is 15.3 Å². The minimum atomic E-state index is -0.474. The number of carbonyl (C=O) groups excluding carboxylic acids is 1. The summed E-state index contributed by atoms with van der Waals surface area (Å²) in [6.07, 6.45) is 6.69. The molecular formula is C21H25FN4O3. The third-order valence-electron chi connectivity index (χ3n) is 6.02. The Morgan fingerprint density at radius 1 is 1.21 bits per heavy atom. The van der Waals surface area contributed by atoms with E-state index in [1.165, 1.54) is 25.3 Å². The molecule has 1 saturated carbocycles. The van der Waals surface area contributed by atoms with Crippen LogP contribution in [0.1, 0.15) is 23.2 Å². The largest absolute Gasteiger partial charge is 0.496 e. The summed E-state index contributed by atoms with van der Waals surface area (Å²) in [5.41, 5.74) is 0.192. The fourth-order valence-corrected chi connectivity index (χ4v) is 4.57. The van der Waals surface area contributed by atoms with Crippen LogP contribution in [0.4, 0.5) is 10.2 Å². The average Bonchev–Trinajstić information content (AvgIpc) is 3.16. The first-order valence-electron chi connectivity index (χ1n) is 9.77. The molecule has 1 aromatic carbocycles. The van der Waals surface area contributed by atoms with Crippen LogP contribution in [0, 0.1) is 17.7 Å². The Morgan fingerprint density at radius 3 is 2.69 bits per heavy atom. The van der Waals surface area contributed by atoms with Crippen molar-refractivity contribution in [2.24, 2.45) is 11.8 Å². The monoisotopic (exact) mass is 400 g/mol. The molecule has 154 valence electrons. The molecule has 4 rings (SSSR count). The molecule has 0 bridgehead atoms. The topological polar surface area (TPSA) is 76.6 Å². The van der Waals surface area contributed by atoms with Crippen LogP contribution in [0.15, 0.2) is 36.8 Å². The molecular weight excluding hydrogens is 375 g/mol. The van der Waals surface area contributed by atoms with Crippen LogP contribution in [0.2, 0.25) is 0 Å². The number of methoxy groups -OCH3 is 2. The number of fused-ring (bicyclic) bond motifs is 1. The standard InChI is InChI=1S/C21H25FN4O3/c1-28-18-4-3-15(22)9-16(18)21(27)25-17-7-13-11-26(20-10-23-5-6-24-20)12-14(13)8-19(17)29-2/h3-6,9-10,13-14,17,19H,7-8,11-12H2,1-2H3,(H,25,27)/t13-,14+,17-,19-/m0/s1. The molecule has 1 aromatic heterocycles. The number of anilines is 1. The van der Waals surface area contributed by atoms with Gasteiger partial charge in [0.2, 0.25) is 0 Å². The molecule has 7 nitrogen and oxygen atoms in total. The van der Waals surface area contributed by atoms with Crippen molar-refractivity contribution in [2.45, 2.75) is 25.0 Å². The maximum Gasteiger partial charge on any atom is 0.255 e. The first-order valence-corrected chi connectivity index (χ1v) is 9.77. The fourth-order valence-electron chi connectivity index (χ4n) is 4.57. The number of aromatic nitrogens is 2. The molecule has 2 heterocycles. The summed E-state index contributed by atoms with van der Waals surface area (Å²) in [7, 11) is 3.13. The highest BCUT2D eigenvalue weighted by atomic mass is 19.1. The van der Waals surface area contributed by atoms with Crippen LogP contribution in [0.5, 0.6) is 5.75 Å². The van der Waals surface area contributed by atoms with Crippen LogP contribution in [0.25, 0.3) is 0 Å². The van der Waals surface area contributed by atoms with Crippen LogP contribution in [-0.2, 0) is 4.74 Å².